The number of anilines is 1. The maximum absolute atomic E-state index is 11.8. The Hall–Kier alpha value is -2.54. The average molecular weight is 273 g/mol. The van der Waals surface area contributed by atoms with E-state index in [0.29, 0.717) is 16.9 Å². The fraction of sp³-hybridized carbons (Fsp3) is 0. The van der Waals surface area contributed by atoms with Gasteiger partial charge in [0.2, 0.25) is 0 Å². The van der Waals surface area contributed by atoms with Crippen LogP contribution in [0.1, 0.15) is 31.2 Å². The number of nitrogens with one attached hydrogen (secondary N) is 2. The summed E-state index contributed by atoms with van der Waals surface area (Å²) in [5.74, 6) is -1.23. The zero-order valence-corrected chi connectivity index (χ0v) is 10.3. The predicted molar refractivity (Wildman–Crippen MR) is 68.3 cm³/mol. The fourth-order valence-corrected chi connectivity index (χ4v) is 2.30. The first-order chi connectivity index (χ1) is 9.15. The molecule has 0 spiro atoms. The quantitative estimate of drug-likeness (QED) is 0.807. The molecule has 0 bridgehead atoms. The molecule has 2 aromatic rings. The summed E-state index contributed by atoms with van der Waals surface area (Å²) in [4.78, 5) is 38.5. The third-order valence-electron chi connectivity index (χ3n) is 2.66. The first kappa shape index (κ1) is 11.5. The summed E-state index contributed by atoms with van der Waals surface area (Å²) in [6.45, 7) is 0. The van der Waals surface area contributed by atoms with Crippen molar-refractivity contribution in [2.24, 2.45) is 0 Å². The van der Waals surface area contributed by atoms with E-state index in [9.17, 15) is 14.4 Å². The van der Waals surface area contributed by atoms with Crippen molar-refractivity contribution in [3.63, 3.8) is 0 Å². The molecule has 1 aromatic carbocycles. The summed E-state index contributed by atoms with van der Waals surface area (Å²) in [6, 6.07) is 4.55. The van der Waals surface area contributed by atoms with Gasteiger partial charge in [-0.15, -0.1) is 11.3 Å². The highest BCUT2D eigenvalue weighted by molar-refractivity contribution is 7.07. The Morgan fingerprint density at radius 3 is 2.74 bits per heavy atom. The van der Waals surface area contributed by atoms with Crippen LogP contribution in [0.5, 0.6) is 0 Å². The number of amides is 3. The first-order valence-corrected chi connectivity index (χ1v) is 6.29. The van der Waals surface area contributed by atoms with Crippen LogP contribution in [0.25, 0.3) is 0 Å². The van der Waals surface area contributed by atoms with E-state index in [-0.39, 0.29) is 11.5 Å². The minimum Gasteiger partial charge on any atom is -0.321 e. The lowest BCUT2D eigenvalue weighted by molar-refractivity contribution is 0.0878. The van der Waals surface area contributed by atoms with Crippen LogP contribution in [0.3, 0.4) is 0 Å². The van der Waals surface area contributed by atoms with Crippen LogP contribution in [-0.2, 0) is 0 Å². The Labute approximate surface area is 111 Å². The second-order valence-corrected chi connectivity index (χ2v) is 4.59. The molecule has 0 atom stereocenters. The third-order valence-corrected chi connectivity index (χ3v) is 3.25. The van der Waals surface area contributed by atoms with E-state index < -0.39 is 11.8 Å². The number of thiazole rings is 1. The maximum atomic E-state index is 11.8. The lowest BCUT2D eigenvalue weighted by atomic mass is 10.1. The number of fused-ring (bicyclic) bond motifs is 1. The topological polar surface area (TPSA) is 88.2 Å². The number of carbonyl (C=O) groups excluding carboxylic acids is 3. The molecule has 2 N–H and O–H groups in total. The Morgan fingerprint density at radius 1 is 1.21 bits per heavy atom. The summed E-state index contributed by atoms with van der Waals surface area (Å²) < 4.78 is 0. The van der Waals surface area contributed by atoms with Gasteiger partial charge in [-0.2, -0.15) is 0 Å². The number of hydrogen-bond donors (Lipinski definition) is 2. The summed E-state index contributed by atoms with van der Waals surface area (Å²) in [7, 11) is 0. The van der Waals surface area contributed by atoms with Crippen molar-refractivity contribution in [1.82, 2.24) is 10.3 Å². The van der Waals surface area contributed by atoms with Gasteiger partial charge in [0.1, 0.15) is 5.69 Å². The van der Waals surface area contributed by atoms with Crippen LogP contribution in [0, 0.1) is 0 Å². The number of carbonyl (C=O) groups is 3. The molecular weight excluding hydrogens is 266 g/mol. The van der Waals surface area contributed by atoms with Crippen molar-refractivity contribution in [1.29, 1.82) is 0 Å². The molecule has 19 heavy (non-hydrogen) atoms. The van der Waals surface area contributed by atoms with E-state index in [2.05, 4.69) is 15.6 Å². The Kier molecular flexibility index (Phi) is 2.60. The minimum absolute atomic E-state index is 0.265. The number of aromatic nitrogens is 1. The minimum atomic E-state index is -0.454. The molecule has 6 nitrogen and oxygen atoms in total. The van der Waals surface area contributed by atoms with Gasteiger partial charge in [0.05, 0.1) is 16.6 Å². The van der Waals surface area contributed by atoms with Crippen molar-refractivity contribution in [3.8, 4) is 0 Å². The molecule has 0 radical (unpaired) electrons. The van der Waals surface area contributed by atoms with Gasteiger partial charge < -0.3 is 5.32 Å². The van der Waals surface area contributed by atoms with Gasteiger partial charge in [-0.25, -0.2) is 4.98 Å². The van der Waals surface area contributed by atoms with Gasteiger partial charge in [0, 0.05) is 11.1 Å². The van der Waals surface area contributed by atoms with Crippen LogP contribution in [0.2, 0.25) is 0 Å². The second-order valence-electron chi connectivity index (χ2n) is 3.87. The zero-order chi connectivity index (χ0) is 13.4. The zero-order valence-electron chi connectivity index (χ0n) is 9.47. The highest BCUT2D eigenvalue weighted by Gasteiger charge is 2.26. The predicted octanol–water partition coefficient (Wildman–Crippen LogP) is 1.28. The SMILES string of the molecule is O=C(Nc1ccc2c(c1)C(=O)NC2=O)c1cscn1. The lowest BCUT2D eigenvalue weighted by Gasteiger charge is -2.04. The number of rotatable bonds is 2. The monoisotopic (exact) mass is 273 g/mol. The summed E-state index contributed by atoms with van der Waals surface area (Å²) in [6.07, 6.45) is 0. The van der Waals surface area contributed by atoms with Crippen molar-refractivity contribution in [2.75, 3.05) is 5.32 Å². The molecule has 94 valence electrons. The molecule has 7 heteroatoms. The molecular formula is C12H7N3O3S. The second kappa shape index (κ2) is 4.29. The van der Waals surface area contributed by atoms with Gasteiger partial charge in [-0.1, -0.05) is 0 Å². The molecule has 0 unspecified atom stereocenters. The van der Waals surface area contributed by atoms with Crippen LogP contribution in [0.4, 0.5) is 5.69 Å². The number of benzene rings is 1. The lowest BCUT2D eigenvalue weighted by Crippen LogP contribution is -2.19. The molecule has 3 rings (SSSR count). The Balaban J connectivity index is 1.88. The van der Waals surface area contributed by atoms with Gasteiger partial charge in [-0.3, -0.25) is 19.7 Å². The van der Waals surface area contributed by atoms with Gasteiger partial charge in [-0.05, 0) is 18.2 Å². The van der Waals surface area contributed by atoms with Crippen LogP contribution in [-0.4, -0.2) is 22.7 Å². The van der Waals surface area contributed by atoms with Crippen LogP contribution < -0.4 is 10.6 Å². The standard InChI is InChI=1S/C12H7N3O3S/c16-10-7-2-1-6(3-8(7)11(17)15-10)14-12(18)9-4-19-5-13-9/h1-5H,(H,14,18)(H,15,16,17). The van der Waals surface area contributed by atoms with Crippen LogP contribution in [0.15, 0.2) is 29.1 Å². The van der Waals surface area contributed by atoms with E-state index in [1.807, 2.05) is 0 Å². The first-order valence-electron chi connectivity index (χ1n) is 5.34. The van der Waals surface area contributed by atoms with E-state index in [0.717, 1.165) is 0 Å². The van der Waals surface area contributed by atoms with E-state index >= 15 is 0 Å². The molecule has 0 saturated carbocycles. The number of hydrogen-bond acceptors (Lipinski definition) is 5. The maximum Gasteiger partial charge on any atom is 0.275 e. The Morgan fingerprint density at radius 2 is 2.00 bits per heavy atom. The molecule has 0 aliphatic carbocycles. The molecule has 2 heterocycles. The highest BCUT2D eigenvalue weighted by atomic mass is 32.1. The average Bonchev–Trinajstić information content (AvgIpc) is 2.99. The largest absolute Gasteiger partial charge is 0.321 e. The van der Waals surface area contributed by atoms with E-state index in [1.165, 1.54) is 23.5 Å². The molecule has 1 aliphatic heterocycles. The smallest absolute Gasteiger partial charge is 0.275 e. The molecule has 0 fully saturated rings. The number of nitrogens with zero attached hydrogens (tertiary/aromatic N) is 1. The fourth-order valence-electron chi connectivity index (χ4n) is 1.77. The number of imide groups is 1. The van der Waals surface area contributed by atoms with E-state index in [4.69, 9.17) is 0 Å². The molecule has 0 saturated heterocycles. The normalized spacial score (nSPS) is 13.1. The van der Waals surface area contributed by atoms with Crippen molar-refractivity contribution in [3.05, 3.63) is 45.9 Å². The van der Waals surface area contributed by atoms with Crippen molar-refractivity contribution < 1.29 is 14.4 Å². The van der Waals surface area contributed by atoms with Gasteiger partial charge in [0.25, 0.3) is 17.7 Å². The van der Waals surface area contributed by atoms with Crippen molar-refractivity contribution >= 4 is 34.7 Å². The Bertz CT molecular complexity index is 694. The summed E-state index contributed by atoms with van der Waals surface area (Å²) >= 11 is 1.32. The summed E-state index contributed by atoms with van der Waals surface area (Å²) in [5.41, 5.74) is 2.90. The molecule has 3 amide bonds. The van der Waals surface area contributed by atoms with Crippen molar-refractivity contribution in [2.45, 2.75) is 0 Å². The van der Waals surface area contributed by atoms with Gasteiger partial charge >= 0.3 is 0 Å². The summed E-state index contributed by atoms with van der Waals surface area (Å²) in [5, 5.41) is 6.44. The molecule has 1 aromatic heterocycles. The molecule has 1 aliphatic rings. The van der Waals surface area contributed by atoms with Gasteiger partial charge in [0.15, 0.2) is 0 Å². The third kappa shape index (κ3) is 2.00. The van der Waals surface area contributed by atoms with Crippen LogP contribution >= 0.6 is 11.3 Å². The van der Waals surface area contributed by atoms with E-state index in [1.54, 1.807) is 17.0 Å². The highest BCUT2D eigenvalue weighted by Crippen LogP contribution is 2.20.